The highest BCUT2D eigenvalue weighted by Gasteiger charge is 2.34. The average molecular weight is 641 g/mol. The van der Waals surface area contributed by atoms with E-state index in [2.05, 4.69) is 21.2 Å². The summed E-state index contributed by atoms with van der Waals surface area (Å²) in [5, 5.41) is 3.22. The zero-order valence-electron chi connectivity index (χ0n) is 23.6. The summed E-state index contributed by atoms with van der Waals surface area (Å²) >= 11 is 3.46. The van der Waals surface area contributed by atoms with E-state index in [0.29, 0.717) is 12.1 Å². The molecule has 0 aromatic heterocycles. The molecule has 0 spiro atoms. The molecule has 3 aromatic carbocycles. The van der Waals surface area contributed by atoms with Crippen molar-refractivity contribution in [2.75, 3.05) is 17.1 Å². The third-order valence-corrected chi connectivity index (χ3v) is 9.21. The number of nitrogens with one attached hydrogen (secondary N) is 1. The van der Waals surface area contributed by atoms with Gasteiger partial charge in [-0.1, -0.05) is 95.9 Å². The summed E-state index contributed by atoms with van der Waals surface area (Å²) in [4.78, 5) is 29.7. The van der Waals surface area contributed by atoms with E-state index in [4.69, 9.17) is 0 Å². The predicted octanol–water partition coefficient (Wildman–Crippen LogP) is 5.61. The molecule has 1 N–H and O–H groups in total. The van der Waals surface area contributed by atoms with Gasteiger partial charge in [0, 0.05) is 23.5 Å². The van der Waals surface area contributed by atoms with E-state index < -0.39 is 28.5 Å². The topological polar surface area (TPSA) is 86.8 Å². The number of nitrogens with zero attached hydrogens (tertiary/aromatic N) is 2. The summed E-state index contributed by atoms with van der Waals surface area (Å²) in [5.41, 5.74) is 2.94. The maximum atomic E-state index is 14.2. The fraction of sp³-hybridized carbons (Fsp3) is 0.375. The smallest absolute Gasteiger partial charge is 0.244 e. The van der Waals surface area contributed by atoms with E-state index in [-0.39, 0.29) is 18.5 Å². The summed E-state index contributed by atoms with van der Waals surface area (Å²) in [6.07, 6.45) is 6.53. The zero-order chi connectivity index (χ0) is 29.4. The maximum Gasteiger partial charge on any atom is 0.244 e. The molecule has 1 saturated carbocycles. The molecular weight excluding hydrogens is 602 g/mol. The fourth-order valence-corrected chi connectivity index (χ4v) is 6.49. The van der Waals surface area contributed by atoms with Crippen LogP contribution >= 0.6 is 15.9 Å². The van der Waals surface area contributed by atoms with Crippen molar-refractivity contribution in [1.29, 1.82) is 0 Å². The summed E-state index contributed by atoms with van der Waals surface area (Å²) in [6.45, 7) is 1.56. The molecule has 1 unspecified atom stereocenters. The van der Waals surface area contributed by atoms with Gasteiger partial charge in [0.15, 0.2) is 0 Å². The third-order valence-electron chi connectivity index (χ3n) is 7.55. The zero-order valence-corrected chi connectivity index (χ0v) is 26.0. The van der Waals surface area contributed by atoms with Crippen LogP contribution in [0.2, 0.25) is 0 Å². The van der Waals surface area contributed by atoms with Crippen molar-refractivity contribution in [2.45, 2.75) is 64.1 Å². The first kappa shape index (κ1) is 30.8. The number of sulfonamides is 1. The summed E-state index contributed by atoms with van der Waals surface area (Å²) in [5.74, 6) is -0.658. The van der Waals surface area contributed by atoms with Crippen LogP contribution in [0.1, 0.15) is 48.8 Å². The lowest BCUT2D eigenvalue weighted by atomic mass is 9.94. The molecule has 0 bridgehead atoms. The van der Waals surface area contributed by atoms with Crippen molar-refractivity contribution >= 4 is 43.5 Å². The van der Waals surface area contributed by atoms with Gasteiger partial charge in [-0.2, -0.15) is 0 Å². The molecule has 0 heterocycles. The number of anilines is 1. The molecule has 1 fully saturated rings. The van der Waals surface area contributed by atoms with Gasteiger partial charge in [0.1, 0.15) is 12.6 Å². The van der Waals surface area contributed by atoms with Crippen molar-refractivity contribution in [1.82, 2.24) is 10.2 Å². The highest BCUT2D eigenvalue weighted by Crippen LogP contribution is 2.24. The number of halogens is 1. The monoisotopic (exact) mass is 639 g/mol. The lowest BCUT2D eigenvalue weighted by molar-refractivity contribution is -0.140. The van der Waals surface area contributed by atoms with Crippen LogP contribution in [0.25, 0.3) is 0 Å². The van der Waals surface area contributed by atoms with Crippen molar-refractivity contribution in [3.8, 4) is 0 Å². The van der Waals surface area contributed by atoms with Gasteiger partial charge in [-0.25, -0.2) is 8.42 Å². The molecule has 41 heavy (non-hydrogen) atoms. The van der Waals surface area contributed by atoms with Gasteiger partial charge in [-0.3, -0.25) is 13.9 Å². The Labute approximate surface area is 252 Å². The first-order chi connectivity index (χ1) is 19.6. The number of aryl methyl sites for hydroxylation is 1. The van der Waals surface area contributed by atoms with Gasteiger partial charge in [-0.05, 0) is 54.7 Å². The van der Waals surface area contributed by atoms with Gasteiger partial charge in [-0.15, -0.1) is 0 Å². The Morgan fingerprint density at radius 1 is 0.902 bits per heavy atom. The second-order valence-corrected chi connectivity index (χ2v) is 13.6. The van der Waals surface area contributed by atoms with Gasteiger partial charge in [0.25, 0.3) is 0 Å². The minimum Gasteiger partial charge on any atom is -0.352 e. The van der Waals surface area contributed by atoms with Crippen LogP contribution in [0.3, 0.4) is 0 Å². The number of carbonyl (C=O) groups is 2. The largest absolute Gasteiger partial charge is 0.352 e. The number of amides is 2. The van der Waals surface area contributed by atoms with Crippen LogP contribution in [-0.4, -0.2) is 50.0 Å². The number of benzene rings is 3. The number of hydrogen-bond donors (Lipinski definition) is 1. The summed E-state index contributed by atoms with van der Waals surface area (Å²) < 4.78 is 28.0. The van der Waals surface area contributed by atoms with Crippen LogP contribution in [0.4, 0.5) is 5.69 Å². The molecule has 0 saturated heterocycles. The van der Waals surface area contributed by atoms with E-state index in [9.17, 15) is 18.0 Å². The lowest BCUT2D eigenvalue weighted by Gasteiger charge is -2.35. The van der Waals surface area contributed by atoms with E-state index in [1.165, 1.54) is 0 Å². The lowest BCUT2D eigenvalue weighted by Crippen LogP contribution is -2.55. The molecule has 2 amide bonds. The third kappa shape index (κ3) is 8.66. The average Bonchev–Trinajstić information content (AvgIpc) is 2.95. The Hall–Kier alpha value is -3.17. The highest BCUT2D eigenvalue weighted by molar-refractivity contribution is 9.10. The molecule has 4 rings (SSSR count). The van der Waals surface area contributed by atoms with Crippen LogP contribution in [0, 0.1) is 6.92 Å². The van der Waals surface area contributed by atoms with E-state index in [1.54, 1.807) is 17.0 Å². The Kier molecular flexibility index (Phi) is 10.6. The van der Waals surface area contributed by atoms with Crippen molar-refractivity contribution in [3.63, 3.8) is 0 Å². The van der Waals surface area contributed by atoms with Crippen molar-refractivity contribution in [3.05, 3.63) is 100 Å². The summed E-state index contributed by atoms with van der Waals surface area (Å²) in [6, 6.07) is 23.5. The number of hydrogen-bond acceptors (Lipinski definition) is 4. The van der Waals surface area contributed by atoms with Crippen LogP contribution < -0.4 is 9.62 Å². The first-order valence-corrected chi connectivity index (χ1v) is 16.7. The second kappa shape index (κ2) is 14.1. The Morgan fingerprint density at radius 2 is 1.54 bits per heavy atom. The Morgan fingerprint density at radius 3 is 2.17 bits per heavy atom. The number of para-hydroxylation sites is 1. The molecule has 1 atom stereocenters. The van der Waals surface area contributed by atoms with Crippen LogP contribution in [0.5, 0.6) is 0 Å². The van der Waals surface area contributed by atoms with Gasteiger partial charge >= 0.3 is 0 Å². The molecule has 0 radical (unpaired) electrons. The Balaban J connectivity index is 1.72. The summed E-state index contributed by atoms with van der Waals surface area (Å²) in [7, 11) is -3.80. The fourth-order valence-electron chi connectivity index (χ4n) is 5.32. The molecule has 7 nitrogen and oxygen atoms in total. The minimum absolute atomic E-state index is 0.0682. The van der Waals surface area contributed by atoms with Gasteiger partial charge < -0.3 is 10.2 Å². The standard InChI is InChI=1S/C32H38BrN3O4S/c1-24-11-9-10-16-29(24)36(41(2,39)40)23-31(37)35(22-26-17-19-27(33)20-18-26)30(21-25-12-5-3-6-13-25)32(38)34-28-14-7-4-8-15-28/h3,5-6,9-13,16-20,28,30H,4,7-8,14-15,21-23H2,1-2H3,(H,34,38). The molecule has 0 aliphatic heterocycles. The van der Waals surface area contributed by atoms with Crippen molar-refractivity contribution in [2.24, 2.45) is 0 Å². The minimum atomic E-state index is -3.80. The predicted molar refractivity (Wildman–Crippen MR) is 167 cm³/mol. The molecule has 1 aliphatic carbocycles. The number of carbonyl (C=O) groups excluding carboxylic acids is 2. The normalized spacial score (nSPS) is 14.7. The first-order valence-electron chi connectivity index (χ1n) is 14.0. The SMILES string of the molecule is Cc1ccccc1N(CC(=O)N(Cc1ccc(Br)cc1)C(Cc1ccccc1)C(=O)NC1CCCCC1)S(C)(=O)=O. The number of rotatable bonds is 11. The molecular formula is C32H38BrN3O4S. The highest BCUT2D eigenvalue weighted by atomic mass is 79.9. The molecule has 218 valence electrons. The van der Waals surface area contributed by atoms with Gasteiger partial charge in [0.2, 0.25) is 21.8 Å². The van der Waals surface area contributed by atoms with Crippen LogP contribution in [0.15, 0.2) is 83.3 Å². The molecule has 3 aromatic rings. The Bertz CT molecular complexity index is 1420. The quantitative estimate of drug-likeness (QED) is 0.295. The van der Waals surface area contributed by atoms with Gasteiger partial charge in [0.05, 0.1) is 11.9 Å². The molecule has 1 aliphatic rings. The van der Waals surface area contributed by atoms with E-state index in [1.807, 2.05) is 73.7 Å². The molecule has 9 heteroatoms. The van der Waals surface area contributed by atoms with E-state index >= 15 is 0 Å². The second-order valence-electron chi connectivity index (χ2n) is 10.8. The van der Waals surface area contributed by atoms with E-state index in [0.717, 1.165) is 63.8 Å². The maximum absolute atomic E-state index is 14.2. The van der Waals surface area contributed by atoms with Crippen LogP contribution in [-0.2, 0) is 32.6 Å². The van der Waals surface area contributed by atoms with Crippen molar-refractivity contribution < 1.29 is 18.0 Å².